The minimum atomic E-state index is -0.379. The molecule has 2 rings (SSSR count). The molecule has 1 heterocycles. The van der Waals surface area contributed by atoms with Crippen molar-refractivity contribution >= 4 is 18.1 Å². The van der Waals surface area contributed by atoms with Crippen LogP contribution in [0.2, 0.25) is 0 Å². The van der Waals surface area contributed by atoms with E-state index in [-0.39, 0.29) is 30.3 Å². The van der Waals surface area contributed by atoms with E-state index < -0.39 is 0 Å². The van der Waals surface area contributed by atoms with Crippen LogP contribution >= 0.6 is 0 Å². The highest BCUT2D eigenvalue weighted by Gasteiger charge is 2.27. The van der Waals surface area contributed by atoms with E-state index in [1.807, 2.05) is 0 Å². The molecule has 6 heteroatoms. The quantitative estimate of drug-likeness (QED) is 0.927. The lowest BCUT2D eigenvalue weighted by Gasteiger charge is -2.15. The van der Waals surface area contributed by atoms with Gasteiger partial charge in [-0.15, -0.1) is 0 Å². The average Bonchev–Trinajstić information content (AvgIpc) is 2.97. The van der Waals surface area contributed by atoms with Gasteiger partial charge in [0.1, 0.15) is 5.82 Å². The topological polar surface area (TPSA) is 58.6 Å². The van der Waals surface area contributed by atoms with E-state index in [4.69, 9.17) is 0 Å². The van der Waals surface area contributed by atoms with Gasteiger partial charge in [-0.2, -0.15) is 0 Å². The molecule has 0 radical (unpaired) electrons. The molecule has 0 spiro atoms. The molecule has 0 aromatic heterocycles. The normalized spacial score (nSPS) is 17.7. The molecule has 1 saturated heterocycles. The third-order valence-corrected chi connectivity index (χ3v) is 3.49. The molecule has 22 heavy (non-hydrogen) atoms. The minimum absolute atomic E-state index is 0.0616. The lowest BCUT2D eigenvalue weighted by molar-refractivity contribution is -0.120. The molecular weight excluding hydrogens is 287 g/mol. The molecule has 1 atom stereocenters. The van der Waals surface area contributed by atoms with Gasteiger partial charge >= 0.3 is 6.09 Å². The van der Waals surface area contributed by atoms with E-state index in [2.05, 4.69) is 10.1 Å². The summed E-state index contributed by atoms with van der Waals surface area (Å²) in [5, 5.41) is 2.86. The molecule has 0 aliphatic carbocycles. The summed E-state index contributed by atoms with van der Waals surface area (Å²) in [7, 11) is 1.34. The van der Waals surface area contributed by atoms with Crippen LogP contribution < -0.4 is 5.32 Å². The summed E-state index contributed by atoms with van der Waals surface area (Å²) in [5.41, 5.74) is 0.452. The Bertz CT molecular complexity index is 574. The first-order valence-electron chi connectivity index (χ1n) is 7.13. The molecule has 1 aromatic rings. The summed E-state index contributed by atoms with van der Waals surface area (Å²) in [5.74, 6) is -0.465. The van der Waals surface area contributed by atoms with Gasteiger partial charge in [0.15, 0.2) is 0 Å². The predicted octanol–water partition coefficient (Wildman–Crippen LogP) is 2.19. The maximum atomic E-state index is 13.4. The first kappa shape index (κ1) is 16.0. The number of nitrogens with zero attached hydrogens (tertiary/aromatic N) is 1. The fraction of sp³-hybridized carbons (Fsp3) is 0.375. The molecule has 2 amide bonds. The van der Waals surface area contributed by atoms with Crippen LogP contribution in [0.4, 0.5) is 9.18 Å². The summed E-state index contributed by atoms with van der Waals surface area (Å²) in [4.78, 5) is 24.7. The fourth-order valence-corrected chi connectivity index (χ4v) is 2.36. The number of likely N-dealkylation sites (tertiary alicyclic amines) is 1. The Morgan fingerprint density at radius 2 is 2.23 bits per heavy atom. The molecule has 1 N–H and O–H groups in total. The molecule has 1 aliphatic heterocycles. The van der Waals surface area contributed by atoms with E-state index in [1.54, 1.807) is 35.3 Å². The molecule has 118 valence electrons. The van der Waals surface area contributed by atoms with Crippen molar-refractivity contribution in [2.75, 3.05) is 20.2 Å². The number of rotatable bonds is 4. The highest BCUT2D eigenvalue weighted by atomic mass is 19.1. The summed E-state index contributed by atoms with van der Waals surface area (Å²) in [6.45, 7) is 1.03. The highest BCUT2D eigenvalue weighted by Crippen LogP contribution is 2.11. The Labute approximate surface area is 128 Å². The zero-order valence-corrected chi connectivity index (χ0v) is 12.4. The van der Waals surface area contributed by atoms with Crippen LogP contribution in [-0.2, 0) is 9.53 Å². The SMILES string of the molecule is COC(=O)N1CCC(NC(=O)C/C=C/c2ccccc2F)C1. The maximum absolute atomic E-state index is 13.4. The largest absolute Gasteiger partial charge is 0.453 e. The van der Waals surface area contributed by atoms with E-state index in [9.17, 15) is 14.0 Å². The zero-order valence-electron chi connectivity index (χ0n) is 12.4. The van der Waals surface area contributed by atoms with Crippen LogP contribution in [0.25, 0.3) is 6.08 Å². The van der Waals surface area contributed by atoms with Gasteiger partial charge in [-0.3, -0.25) is 4.79 Å². The van der Waals surface area contributed by atoms with Gasteiger partial charge in [-0.1, -0.05) is 30.4 Å². The monoisotopic (exact) mass is 306 g/mol. The van der Waals surface area contributed by atoms with E-state index in [0.29, 0.717) is 25.1 Å². The smallest absolute Gasteiger partial charge is 0.409 e. The van der Waals surface area contributed by atoms with Crippen molar-refractivity contribution in [1.82, 2.24) is 10.2 Å². The van der Waals surface area contributed by atoms with Crippen LogP contribution in [0.5, 0.6) is 0 Å². The average molecular weight is 306 g/mol. The second-order valence-corrected chi connectivity index (χ2v) is 5.10. The zero-order chi connectivity index (χ0) is 15.9. The van der Waals surface area contributed by atoms with Gasteiger partial charge in [0, 0.05) is 31.1 Å². The Balaban J connectivity index is 1.77. The van der Waals surface area contributed by atoms with Gasteiger partial charge in [-0.05, 0) is 12.5 Å². The Morgan fingerprint density at radius 1 is 1.45 bits per heavy atom. The standard InChI is InChI=1S/C16H19FN2O3/c1-22-16(21)19-10-9-13(11-19)18-15(20)8-4-6-12-5-2-3-7-14(12)17/h2-7,13H,8-11H2,1H3,(H,18,20)/b6-4+. The number of amides is 2. The Hall–Kier alpha value is -2.37. The Kier molecular flexibility index (Phi) is 5.52. The highest BCUT2D eigenvalue weighted by molar-refractivity contribution is 5.79. The van der Waals surface area contributed by atoms with Gasteiger partial charge in [0.25, 0.3) is 0 Å². The van der Waals surface area contributed by atoms with Gasteiger partial charge < -0.3 is 15.0 Å². The summed E-state index contributed by atoms with van der Waals surface area (Å²) in [6, 6.07) is 6.32. The van der Waals surface area contributed by atoms with Crippen molar-refractivity contribution < 1.29 is 18.7 Å². The van der Waals surface area contributed by atoms with Gasteiger partial charge in [0.05, 0.1) is 7.11 Å². The van der Waals surface area contributed by atoms with Crippen LogP contribution in [0.1, 0.15) is 18.4 Å². The lowest BCUT2D eigenvalue weighted by Crippen LogP contribution is -2.38. The van der Waals surface area contributed by atoms with Crippen molar-refractivity contribution in [3.8, 4) is 0 Å². The van der Waals surface area contributed by atoms with Crippen LogP contribution in [0.3, 0.4) is 0 Å². The van der Waals surface area contributed by atoms with Crippen molar-refractivity contribution in [2.45, 2.75) is 18.9 Å². The van der Waals surface area contributed by atoms with Crippen molar-refractivity contribution in [3.05, 3.63) is 41.7 Å². The number of hydrogen-bond donors (Lipinski definition) is 1. The third kappa shape index (κ3) is 4.31. The number of methoxy groups -OCH3 is 1. The first-order chi connectivity index (χ1) is 10.6. The minimum Gasteiger partial charge on any atom is -0.453 e. The predicted molar refractivity (Wildman–Crippen MR) is 80.6 cm³/mol. The third-order valence-electron chi connectivity index (χ3n) is 3.49. The van der Waals surface area contributed by atoms with E-state index in [0.717, 1.165) is 0 Å². The Morgan fingerprint density at radius 3 is 2.95 bits per heavy atom. The van der Waals surface area contributed by atoms with Crippen molar-refractivity contribution in [2.24, 2.45) is 0 Å². The summed E-state index contributed by atoms with van der Waals surface area (Å²) >= 11 is 0. The van der Waals surface area contributed by atoms with E-state index >= 15 is 0 Å². The summed E-state index contributed by atoms with van der Waals surface area (Å²) in [6.07, 6.45) is 3.71. The second kappa shape index (κ2) is 7.59. The molecule has 1 aromatic carbocycles. The number of hydrogen-bond acceptors (Lipinski definition) is 3. The van der Waals surface area contributed by atoms with Crippen molar-refractivity contribution in [3.63, 3.8) is 0 Å². The number of carbonyl (C=O) groups is 2. The van der Waals surface area contributed by atoms with Crippen molar-refractivity contribution in [1.29, 1.82) is 0 Å². The van der Waals surface area contributed by atoms with Crippen LogP contribution in [-0.4, -0.2) is 43.1 Å². The molecule has 5 nitrogen and oxygen atoms in total. The molecule has 0 bridgehead atoms. The number of ether oxygens (including phenoxy) is 1. The van der Waals surface area contributed by atoms with Crippen LogP contribution in [0, 0.1) is 5.82 Å². The second-order valence-electron chi connectivity index (χ2n) is 5.10. The number of halogens is 1. The van der Waals surface area contributed by atoms with Gasteiger partial charge in [-0.25, -0.2) is 9.18 Å². The molecule has 1 fully saturated rings. The number of carbonyl (C=O) groups excluding carboxylic acids is 2. The van der Waals surface area contributed by atoms with Crippen LogP contribution in [0.15, 0.2) is 30.3 Å². The molecular formula is C16H19FN2O3. The fourth-order valence-electron chi connectivity index (χ4n) is 2.36. The maximum Gasteiger partial charge on any atom is 0.409 e. The first-order valence-corrected chi connectivity index (χ1v) is 7.13. The van der Waals surface area contributed by atoms with Gasteiger partial charge in [0.2, 0.25) is 5.91 Å². The number of nitrogens with one attached hydrogen (secondary N) is 1. The molecule has 1 unspecified atom stereocenters. The molecule has 1 aliphatic rings. The summed E-state index contributed by atoms with van der Waals surface area (Å²) < 4.78 is 18.0. The lowest BCUT2D eigenvalue weighted by atomic mass is 10.2. The van der Waals surface area contributed by atoms with E-state index in [1.165, 1.54) is 13.2 Å². The number of benzene rings is 1. The molecule has 0 saturated carbocycles.